The van der Waals surface area contributed by atoms with Gasteiger partial charge in [-0.15, -0.1) is 0 Å². The number of rotatable bonds is 10. The number of unbranched alkanes of at least 4 members (excludes halogenated alkanes) is 3. The quantitative estimate of drug-likeness (QED) is 0.447. The van der Waals surface area contributed by atoms with Crippen LogP contribution in [0.1, 0.15) is 86.5 Å². The van der Waals surface area contributed by atoms with Gasteiger partial charge in [0.25, 0.3) is 0 Å². The van der Waals surface area contributed by atoms with Gasteiger partial charge >= 0.3 is 0 Å². The largest absolute Gasteiger partial charge is 0.368 e. The summed E-state index contributed by atoms with van der Waals surface area (Å²) in [5.41, 5.74) is 1.61. The third kappa shape index (κ3) is 5.04. The van der Waals surface area contributed by atoms with Crippen LogP contribution < -0.4 is 0 Å². The normalized spacial score (nSPS) is 11.9. The molecule has 0 heterocycles. The Hall–Kier alpha value is -0.460. The zero-order valence-corrected chi connectivity index (χ0v) is 13.7. The smallest absolute Gasteiger partial charge is 0.0368 e. The fourth-order valence-corrected chi connectivity index (χ4v) is 2.84. The van der Waals surface area contributed by atoms with Crippen LogP contribution in [-0.4, -0.2) is 16.5 Å². The summed E-state index contributed by atoms with van der Waals surface area (Å²) in [7, 11) is 0. The van der Waals surface area contributed by atoms with E-state index in [-0.39, 0.29) is 5.54 Å². The standard InChI is InChI=1S/C17H35N/c1-8-11-12-13-14-16(6)18(15(4)5)17(7,9-2)10-3/h15H,6,8-14H2,1-5,7H3. The topological polar surface area (TPSA) is 3.24 Å². The van der Waals surface area contributed by atoms with Gasteiger partial charge in [-0.2, -0.15) is 0 Å². The average Bonchev–Trinajstić information content (AvgIpc) is 2.34. The SMILES string of the molecule is C=C(CCCCCC)N(C(C)C)C(C)(CC)CC. The van der Waals surface area contributed by atoms with Gasteiger partial charge in [0.15, 0.2) is 0 Å². The minimum atomic E-state index is 0.274. The van der Waals surface area contributed by atoms with Crippen LogP contribution in [0.25, 0.3) is 0 Å². The zero-order valence-electron chi connectivity index (χ0n) is 13.7. The van der Waals surface area contributed by atoms with E-state index in [4.69, 9.17) is 0 Å². The predicted molar refractivity (Wildman–Crippen MR) is 83.9 cm³/mol. The highest BCUT2D eigenvalue weighted by atomic mass is 15.2. The summed E-state index contributed by atoms with van der Waals surface area (Å²) >= 11 is 0. The molecule has 0 aromatic rings. The summed E-state index contributed by atoms with van der Waals surface area (Å²) in [6.07, 6.45) is 8.84. The van der Waals surface area contributed by atoms with Crippen molar-refractivity contribution in [3.05, 3.63) is 12.3 Å². The third-order valence-electron chi connectivity index (χ3n) is 4.28. The molecule has 0 aliphatic carbocycles. The molecule has 0 aliphatic rings. The molecule has 1 heteroatoms. The fraction of sp³-hybridized carbons (Fsp3) is 0.882. The maximum absolute atomic E-state index is 4.36. The highest BCUT2D eigenvalue weighted by Crippen LogP contribution is 2.31. The third-order valence-corrected chi connectivity index (χ3v) is 4.28. The van der Waals surface area contributed by atoms with Gasteiger partial charge in [0, 0.05) is 17.3 Å². The molecule has 0 spiro atoms. The summed E-state index contributed by atoms with van der Waals surface area (Å²) in [5, 5.41) is 0. The van der Waals surface area contributed by atoms with Crippen LogP contribution in [0.4, 0.5) is 0 Å². The van der Waals surface area contributed by atoms with E-state index in [1.807, 2.05) is 0 Å². The van der Waals surface area contributed by atoms with Gasteiger partial charge < -0.3 is 4.90 Å². The molecular formula is C17H35N. The molecule has 0 atom stereocenters. The minimum Gasteiger partial charge on any atom is -0.368 e. The van der Waals surface area contributed by atoms with Crippen molar-refractivity contribution in [1.82, 2.24) is 4.90 Å². The van der Waals surface area contributed by atoms with E-state index >= 15 is 0 Å². The van der Waals surface area contributed by atoms with Crippen molar-refractivity contribution in [3.8, 4) is 0 Å². The van der Waals surface area contributed by atoms with E-state index < -0.39 is 0 Å². The first-order chi connectivity index (χ1) is 8.42. The second kappa shape index (κ2) is 8.61. The van der Waals surface area contributed by atoms with Crippen LogP contribution in [0.5, 0.6) is 0 Å². The fourth-order valence-electron chi connectivity index (χ4n) is 2.84. The lowest BCUT2D eigenvalue weighted by atomic mass is 9.90. The van der Waals surface area contributed by atoms with Crippen molar-refractivity contribution in [2.24, 2.45) is 0 Å². The van der Waals surface area contributed by atoms with Crippen molar-refractivity contribution in [3.63, 3.8) is 0 Å². The first-order valence-electron chi connectivity index (χ1n) is 7.90. The summed E-state index contributed by atoms with van der Waals surface area (Å²) in [6, 6.07) is 0.550. The highest BCUT2D eigenvalue weighted by molar-refractivity contribution is 5.03. The molecule has 0 N–H and O–H groups in total. The lowest BCUT2D eigenvalue weighted by molar-refractivity contribution is 0.0977. The van der Waals surface area contributed by atoms with Crippen molar-refractivity contribution in [2.45, 2.75) is 98.1 Å². The monoisotopic (exact) mass is 253 g/mol. The van der Waals surface area contributed by atoms with Crippen LogP contribution in [-0.2, 0) is 0 Å². The number of allylic oxidation sites excluding steroid dienone is 1. The van der Waals surface area contributed by atoms with E-state index in [1.54, 1.807) is 0 Å². The first kappa shape index (κ1) is 17.5. The number of nitrogens with zero attached hydrogens (tertiary/aromatic N) is 1. The van der Waals surface area contributed by atoms with Gasteiger partial charge in [-0.25, -0.2) is 0 Å². The Morgan fingerprint density at radius 2 is 1.61 bits per heavy atom. The second-order valence-electron chi connectivity index (χ2n) is 6.04. The molecule has 0 aliphatic heterocycles. The van der Waals surface area contributed by atoms with E-state index in [9.17, 15) is 0 Å². The van der Waals surface area contributed by atoms with E-state index in [1.165, 1.54) is 44.2 Å². The van der Waals surface area contributed by atoms with Gasteiger partial charge in [-0.3, -0.25) is 0 Å². The zero-order chi connectivity index (χ0) is 14.2. The molecule has 1 nitrogen and oxygen atoms in total. The maximum atomic E-state index is 4.36. The van der Waals surface area contributed by atoms with E-state index in [2.05, 4.69) is 53.0 Å². The highest BCUT2D eigenvalue weighted by Gasteiger charge is 2.30. The molecule has 0 saturated carbocycles. The molecule has 0 amide bonds. The number of hydrogen-bond acceptors (Lipinski definition) is 1. The molecule has 18 heavy (non-hydrogen) atoms. The molecule has 0 bridgehead atoms. The van der Waals surface area contributed by atoms with Crippen molar-refractivity contribution < 1.29 is 0 Å². The second-order valence-corrected chi connectivity index (χ2v) is 6.04. The molecule has 0 aromatic heterocycles. The lowest BCUT2D eigenvalue weighted by Gasteiger charge is -2.46. The summed E-state index contributed by atoms with van der Waals surface area (Å²) in [6.45, 7) is 18.2. The van der Waals surface area contributed by atoms with Crippen LogP contribution in [0.3, 0.4) is 0 Å². The molecule has 0 rings (SSSR count). The molecular weight excluding hydrogens is 218 g/mol. The Morgan fingerprint density at radius 3 is 2.00 bits per heavy atom. The summed E-state index contributed by atoms with van der Waals surface area (Å²) < 4.78 is 0. The van der Waals surface area contributed by atoms with E-state index in [0.29, 0.717) is 6.04 Å². The van der Waals surface area contributed by atoms with Crippen LogP contribution in [0, 0.1) is 0 Å². The first-order valence-corrected chi connectivity index (χ1v) is 7.90. The summed E-state index contributed by atoms with van der Waals surface area (Å²) in [5.74, 6) is 0. The van der Waals surface area contributed by atoms with Gasteiger partial charge in [0.2, 0.25) is 0 Å². The van der Waals surface area contributed by atoms with Gasteiger partial charge in [0.1, 0.15) is 0 Å². The average molecular weight is 253 g/mol. The number of hydrogen-bond donors (Lipinski definition) is 0. The lowest BCUT2D eigenvalue weighted by Crippen LogP contribution is -2.48. The van der Waals surface area contributed by atoms with Crippen LogP contribution in [0.15, 0.2) is 12.3 Å². The molecule has 108 valence electrons. The Labute approximate surface area is 116 Å². The molecule has 0 saturated heterocycles. The maximum Gasteiger partial charge on any atom is 0.0368 e. The van der Waals surface area contributed by atoms with Crippen molar-refractivity contribution >= 4 is 0 Å². The minimum absolute atomic E-state index is 0.274. The Kier molecular flexibility index (Phi) is 8.39. The Morgan fingerprint density at radius 1 is 1.06 bits per heavy atom. The Balaban J connectivity index is 4.55. The molecule has 0 aromatic carbocycles. The van der Waals surface area contributed by atoms with Crippen LogP contribution in [0.2, 0.25) is 0 Å². The van der Waals surface area contributed by atoms with Gasteiger partial charge in [-0.05, 0) is 46.5 Å². The Bertz CT molecular complexity index is 226. The van der Waals surface area contributed by atoms with Gasteiger partial charge in [0.05, 0.1) is 0 Å². The van der Waals surface area contributed by atoms with Crippen molar-refractivity contribution in [2.75, 3.05) is 0 Å². The van der Waals surface area contributed by atoms with Crippen LogP contribution >= 0.6 is 0 Å². The molecule has 0 fully saturated rings. The van der Waals surface area contributed by atoms with E-state index in [0.717, 1.165) is 6.42 Å². The van der Waals surface area contributed by atoms with Crippen molar-refractivity contribution in [1.29, 1.82) is 0 Å². The predicted octanol–water partition coefficient (Wildman–Crippen LogP) is 5.76. The summed E-state index contributed by atoms with van der Waals surface area (Å²) in [4.78, 5) is 2.57. The van der Waals surface area contributed by atoms with Gasteiger partial charge in [-0.1, -0.05) is 46.6 Å². The molecule has 0 radical (unpaired) electrons. The molecule has 0 unspecified atom stereocenters.